The van der Waals surface area contributed by atoms with Crippen LogP contribution in [-0.4, -0.2) is 61.5 Å². The summed E-state index contributed by atoms with van der Waals surface area (Å²) in [5.41, 5.74) is -0.478. The molecule has 0 radical (unpaired) electrons. The molecule has 0 aromatic carbocycles. The molecule has 2 bridgehead atoms. The van der Waals surface area contributed by atoms with Gasteiger partial charge in [-0.2, -0.15) is 0 Å². The molecule has 0 saturated carbocycles. The van der Waals surface area contributed by atoms with Gasteiger partial charge in [0.1, 0.15) is 0 Å². The number of fused-ring (bicyclic) bond motifs is 2. The molecule has 2 atom stereocenters. The first-order valence-corrected chi connectivity index (χ1v) is 5.78. The number of nitrogens with zero attached hydrogens (tertiary/aromatic N) is 1. The second-order valence-electron chi connectivity index (χ2n) is 5.28. The van der Waals surface area contributed by atoms with Crippen LogP contribution in [0.1, 0.15) is 19.3 Å². The molecule has 0 aromatic rings. The van der Waals surface area contributed by atoms with Crippen molar-refractivity contribution in [1.82, 2.24) is 10.2 Å². The highest BCUT2D eigenvalue weighted by atomic mass is 16.5. The highest BCUT2D eigenvalue weighted by Gasteiger charge is 2.40. The molecule has 2 N–H and O–H groups in total. The van der Waals surface area contributed by atoms with Gasteiger partial charge < -0.3 is 20.1 Å². The second kappa shape index (κ2) is 4.37. The van der Waals surface area contributed by atoms with Crippen LogP contribution < -0.4 is 5.32 Å². The molecule has 0 aliphatic carbocycles. The number of hydrogen-bond donors (Lipinski definition) is 2. The van der Waals surface area contributed by atoms with Crippen LogP contribution in [0.15, 0.2) is 0 Å². The van der Waals surface area contributed by atoms with E-state index in [9.17, 15) is 5.11 Å². The zero-order valence-corrected chi connectivity index (χ0v) is 9.70. The Morgan fingerprint density at radius 3 is 2.47 bits per heavy atom. The number of hydrogen-bond acceptors (Lipinski definition) is 4. The molecular formula is C11H22N2O2. The Labute approximate surface area is 91.6 Å². The van der Waals surface area contributed by atoms with E-state index in [1.165, 1.54) is 0 Å². The fourth-order valence-electron chi connectivity index (χ4n) is 2.65. The van der Waals surface area contributed by atoms with Crippen molar-refractivity contribution in [2.24, 2.45) is 0 Å². The molecule has 2 rings (SSSR count). The molecule has 88 valence electrons. The third kappa shape index (κ3) is 2.91. The van der Waals surface area contributed by atoms with Crippen LogP contribution >= 0.6 is 0 Å². The summed E-state index contributed by atoms with van der Waals surface area (Å²) in [6.45, 7) is 2.46. The lowest BCUT2D eigenvalue weighted by Crippen LogP contribution is -2.60. The number of ether oxygens (including phenoxy) is 1. The van der Waals surface area contributed by atoms with Gasteiger partial charge in [-0.1, -0.05) is 0 Å². The van der Waals surface area contributed by atoms with Gasteiger partial charge in [0.15, 0.2) is 0 Å². The van der Waals surface area contributed by atoms with E-state index in [0.29, 0.717) is 12.1 Å². The largest absolute Gasteiger partial charge is 0.390 e. The molecule has 0 amide bonds. The molecule has 4 nitrogen and oxygen atoms in total. The van der Waals surface area contributed by atoms with E-state index in [2.05, 4.69) is 10.2 Å². The molecule has 2 fully saturated rings. The molecule has 15 heavy (non-hydrogen) atoms. The lowest BCUT2D eigenvalue weighted by atomic mass is 9.80. The highest BCUT2D eigenvalue weighted by Crippen LogP contribution is 2.30. The lowest BCUT2D eigenvalue weighted by molar-refractivity contribution is -0.0817. The first-order chi connectivity index (χ1) is 7.07. The van der Waals surface area contributed by atoms with Gasteiger partial charge in [-0.15, -0.1) is 0 Å². The van der Waals surface area contributed by atoms with Crippen molar-refractivity contribution < 1.29 is 9.84 Å². The molecular weight excluding hydrogens is 192 g/mol. The maximum absolute atomic E-state index is 10.5. The minimum Gasteiger partial charge on any atom is -0.390 e. The summed E-state index contributed by atoms with van der Waals surface area (Å²) in [6, 6.07) is 0.703. The highest BCUT2D eigenvalue weighted by molar-refractivity contribution is 4.97. The zero-order chi connectivity index (χ0) is 10.9. The average Bonchev–Trinajstić information content (AvgIpc) is 2.14. The van der Waals surface area contributed by atoms with E-state index in [-0.39, 0.29) is 0 Å². The summed E-state index contributed by atoms with van der Waals surface area (Å²) in [7, 11) is 4.10. The van der Waals surface area contributed by atoms with Gasteiger partial charge in [-0.25, -0.2) is 0 Å². The lowest BCUT2D eigenvalue weighted by Gasteiger charge is -2.45. The van der Waals surface area contributed by atoms with Crippen LogP contribution in [0.4, 0.5) is 0 Å². The fraction of sp³-hybridized carbons (Fsp3) is 1.00. The van der Waals surface area contributed by atoms with Crippen molar-refractivity contribution in [2.45, 2.75) is 36.9 Å². The standard InChI is InChI=1S/C11H22N2O2/c1-13(2)4-3-11(14)5-9-7-15-8-10(6-11)12-9/h9-10,12,14H,3-8H2,1-2H3. The monoisotopic (exact) mass is 214 g/mol. The van der Waals surface area contributed by atoms with Crippen LogP contribution in [0.5, 0.6) is 0 Å². The Balaban J connectivity index is 1.90. The summed E-state index contributed by atoms with van der Waals surface area (Å²) >= 11 is 0. The molecule has 2 heterocycles. The summed E-state index contributed by atoms with van der Waals surface area (Å²) in [6.07, 6.45) is 2.53. The first-order valence-electron chi connectivity index (χ1n) is 5.78. The van der Waals surface area contributed by atoms with Crippen LogP contribution in [0, 0.1) is 0 Å². The predicted molar refractivity (Wildman–Crippen MR) is 58.9 cm³/mol. The molecule has 2 saturated heterocycles. The van der Waals surface area contributed by atoms with Gasteiger partial charge in [0.05, 0.1) is 18.8 Å². The van der Waals surface area contributed by atoms with E-state index in [0.717, 1.165) is 39.0 Å². The summed E-state index contributed by atoms with van der Waals surface area (Å²) in [4.78, 5) is 2.13. The minimum absolute atomic E-state index is 0.352. The Kier molecular flexibility index (Phi) is 3.30. The fourth-order valence-corrected chi connectivity index (χ4v) is 2.65. The van der Waals surface area contributed by atoms with Gasteiger partial charge in [0.2, 0.25) is 0 Å². The van der Waals surface area contributed by atoms with Crippen molar-refractivity contribution in [3.63, 3.8) is 0 Å². The van der Waals surface area contributed by atoms with Gasteiger partial charge in [-0.3, -0.25) is 0 Å². The Morgan fingerprint density at radius 2 is 1.93 bits per heavy atom. The van der Waals surface area contributed by atoms with E-state index < -0.39 is 5.60 Å². The minimum atomic E-state index is -0.478. The van der Waals surface area contributed by atoms with Crippen molar-refractivity contribution in [3.8, 4) is 0 Å². The van der Waals surface area contributed by atoms with Crippen LogP contribution in [0.25, 0.3) is 0 Å². The molecule has 2 aliphatic rings. The number of nitrogens with one attached hydrogen (secondary N) is 1. The summed E-state index contributed by atoms with van der Waals surface area (Å²) < 4.78 is 5.47. The number of aliphatic hydroxyl groups is 1. The number of morpholine rings is 1. The van der Waals surface area contributed by atoms with Gasteiger partial charge in [0, 0.05) is 18.6 Å². The molecule has 2 aliphatic heterocycles. The van der Waals surface area contributed by atoms with E-state index in [4.69, 9.17) is 4.74 Å². The van der Waals surface area contributed by atoms with Gasteiger partial charge in [-0.05, 0) is 33.4 Å². The van der Waals surface area contributed by atoms with Crippen LogP contribution in [-0.2, 0) is 4.74 Å². The van der Waals surface area contributed by atoms with E-state index in [1.54, 1.807) is 0 Å². The average molecular weight is 214 g/mol. The van der Waals surface area contributed by atoms with Crippen molar-refractivity contribution in [1.29, 1.82) is 0 Å². The predicted octanol–water partition coefficient (Wildman–Crippen LogP) is -0.180. The first kappa shape index (κ1) is 11.3. The molecule has 2 unspecified atom stereocenters. The van der Waals surface area contributed by atoms with Crippen LogP contribution in [0.2, 0.25) is 0 Å². The SMILES string of the molecule is CN(C)CCC1(O)CC2COCC(C1)N2. The van der Waals surface area contributed by atoms with Crippen LogP contribution in [0.3, 0.4) is 0 Å². The third-order valence-electron chi connectivity index (χ3n) is 3.39. The maximum atomic E-state index is 10.5. The summed E-state index contributed by atoms with van der Waals surface area (Å²) in [5, 5.41) is 14.0. The molecule has 0 spiro atoms. The van der Waals surface area contributed by atoms with Gasteiger partial charge in [0.25, 0.3) is 0 Å². The molecule has 4 heteroatoms. The van der Waals surface area contributed by atoms with Crippen molar-refractivity contribution in [2.75, 3.05) is 33.9 Å². The Bertz CT molecular complexity index is 209. The summed E-state index contributed by atoms with van der Waals surface area (Å²) in [5.74, 6) is 0. The van der Waals surface area contributed by atoms with Gasteiger partial charge >= 0.3 is 0 Å². The quantitative estimate of drug-likeness (QED) is 0.684. The third-order valence-corrected chi connectivity index (χ3v) is 3.39. The van der Waals surface area contributed by atoms with E-state index >= 15 is 0 Å². The maximum Gasteiger partial charge on any atom is 0.0691 e. The molecule has 0 aromatic heterocycles. The zero-order valence-electron chi connectivity index (χ0n) is 9.70. The number of piperidine rings is 1. The Morgan fingerprint density at radius 1 is 1.33 bits per heavy atom. The smallest absolute Gasteiger partial charge is 0.0691 e. The second-order valence-corrected chi connectivity index (χ2v) is 5.28. The Hall–Kier alpha value is -0.160. The van der Waals surface area contributed by atoms with Crippen molar-refractivity contribution in [3.05, 3.63) is 0 Å². The topological polar surface area (TPSA) is 44.7 Å². The number of rotatable bonds is 3. The normalized spacial score (nSPS) is 40.8. The van der Waals surface area contributed by atoms with E-state index in [1.807, 2.05) is 14.1 Å². The van der Waals surface area contributed by atoms with Crippen molar-refractivity contribution >= 4 is 0 Å².